The minimum Gasteiger partial charge on any atom is -0.507 e. The summed E-state index contributed by atoms with van der Waals surface area (Å²) in [5.74, 6) is 0.340. The summed E-state index contributed by atoms with van der Waals surface area (Å²) in [5.41, 5.74) is 2.61. The van der Waals surface area contributed by atoms with Gasteiger partial charge in [-0.05, 0) is 88.6 Å². The van der Waals surface area contributed by atoms with E-state index in [4.69, 9.17) is 0 Å². The fourth-order valence-corrected chi connectivity index (χ4v) is 6.38. The maximum Gasteiger partial charge on any atom is 0.124 e. The van der Waals surface area contributed by atoms with Crippen LogP contribution in [0.15, 0.2) is 152 Å². The van der Waals surface area contributed by atoms with Crippen LogP contribution >= 0.6 is 0 Å². The van der Waals surface area contributed by atoms with Crippen LogP contribution in [0.3, 0.4) is 0 Å². The van der Waals surface area contributed by atoms with Crippen molar-refractivity contribution in [2.75, 3.05) is 0 Å². The molecule has 0 fully saturated rings. The first-order valence-corrected chi connectivity index (χ1v) is 14.0. The molecule has 0 aliphatic heterocycles. The molecule has 0 amide bonds. The number of benzene rings is 8. The Bertz CT molecular complexity index is 2290. The van der Waals surface area contributed by atoms with E-state index < -0.39 is 0 Å². The standard InChI is InChI=1S/C20H12O.C20H14/c21-19-9-6-15-11-13-5-8-17(15)20(19)18-3-1-2-14-10-12(13)4-7-16(14)18;1-3-11-17-15(7-1)9-5-13-19(17)20-14-6-10-16-8-2-4-12-18(16)20/h1-11,21H;1-14H. The van der Waals surface area contributed by atoms with Crippen molar-refractivity contribution in [2.24, 2.45) is 0 Å². The lowest BCUT2D eigenvalue weighted by atomic mass is 9.94. The smallest absolute Gasteiger partial charge is 0.124 e. The van der Waals surface area contributed by atoms with Gasteiger partial charge in [0.15, 0.2) is 0 Å². The van der Waals surface area contributed by atoms with Crippen molar-refractivity contribution in [1.29, 1.82) is 0 Å². The largest absolute Gasteiger partial charge is 0.507 e. The van der Waals surface area contributed by atoms with E-state index in [2.05, 4.69) is 140 Å². The second-order valence-corrected chi connectivity index (χ2v) is 10.7. The highest BCUT2D eigenvalue weighted by atomic mass is 16.3. The molecule has 0 spiro atoms. The van der Waals surface area contributed by atoms with Gasteiger partial charge in [0, 0.05) is 5.39 Å². The Balaban J connectivity index is 0.000000125. The van der Waals surface area contributed by atoms with Gasteiger partial charge in [-0.1, -0.05) is 133 Å². The van der Waals surface area contributed by atoms with E-state index in [0.29, 0.717) is 5.75 Å². The van der Waals surface area contributed by atoms with Crippen LogP contribution in [0, 0.1) is 0 Å². The molecule has 0 aromatic heterocycles. The molecule has 1 N–H and O–H groups in total. The molecule has 0 aliphatic carbocycles. The lowest BCUT2D eigenvalue weighted by Crippen LogP contribution is -1.83. The molecular weight excluding hydrogens is 496 g/mol. The van der Waals surface area contributed by atoms with Crippen molar-refractivity contribution in [3.05, 3.63) is 152 Å². The van der Waals surface area contributed by atoms with E-state index in [1.807, 2.05) is 6.07 Å². The van der Waals surface area contributed by atoms with Crippen LogP contribution < -0.4 is 0 Å². The molecule has 0 saturated heterocycles. The minimum atomic E-state index is 0.340. The second kappa shape index (κ2) is 9.36. The van der Waals surface area contributed by atoms with E-state index in [-0.39, 0.29) is 0 Å². The van der Waals surface area contributed by atoms with Crippen molar-refractivity contribution >= 4 is 64.6 Å². The van der Waals surface area contributed by atoms with E-state index in [1.165, 1.54) is 59.6 Å². The molecule has 0 heterocycles. The van der Waals surface area contributed by atoms with Crippen LogP contribution in [0.5, 0.6) is 5.75 Å². The lowest BCUT2D eigenvalue weighted by Gasteiger charge is -2.10. The Kier molecular flexibility index (Phi) is 5.36. The second-order valence-electron chi connectivity index (χ2n) is 10.7. The summed E-state index contributed by atoms with van der Waals surface area (Å²) in [5, 5.41) is 24.8. The molecule has 192 valence electrons. The quantitative estimate of drug-likeness (QED) is 0.227. The first kappa shape index (κ1) is 23.5. The SMILES string of the molecule is Oc1ccc2cc3ccc2c1c1cccc2cc3ccc21.c1ccc2c(-c3cccc4ccccc34)cccc2c1. The third kappa shape index (κ3) is 3.86. The number of hydrogen-bond donors (Lipinski definition) is 1. The topological polar surface area (TPSA) is 20.2 Å². The number of aromatic hydroxyl groups is 1. The molecule has 1 nitrogen and oxygen atoms in total. The Morgan fingerprint density at radius 1 is 0.293 bits per heavy atom. The first-order chi connectivity index (χ1) is 20.2. The third-order valence-corrected chi connectivity index (χ3v) is 8.35. The van der Waals surface area contributed by atoms with Gasteiger partial charge < -0.3 is 5.11 Å². The number of phenols is 1. The molecule has 0 saturated carbocycles. The lowest BCUT2D eigenvalue weighted by molar-refractivity contribution is 0.482. The predicted octanol–water partition coefficient (Wildman–Crippen LogP) is 11.1. The summed E-state index contributed by atoms with van der Waals surface area (Å²) in [7, 11) is 0. The third-order valence-electron chi connectivity index (χ3n) is 8.35. The number of fused-ring (bicyclic) bond motifs is 4. The predicted molar refractivity (Wildman–Crippen MR) is 176 cm³/mol. The maximum absolute atomic E-state index is 10.4. The normalized spacial score (nSPS) is 11.5. The first-order valence-electron chi connectivity index (χ1n) is 14.0. The summed E-state index contributed by atoms with van der Waals surface area (Å²) >= 11 is 0. The molecule has 11 aromatic carbocycles. The monoisotopic (exact) mass is 522 g/mol. The summed E-state index contributed by atoms with van der Waals surface area (Å²) in [6.07, 6.45) is 0. The highest BCUT2D eigenvalue weighted by Gasteiger charge is 2.09. The van der Waals surface area contributed by atoms with Crippen molar-refractivity contribution < 1.29 is 5.11 Å². The number of hydrogen-bond acceptors (Lipinski definition) is 1. The molecule has 11 rings (SSSR count). The Morgan fingerprint density at radius 2 is 0.756 bits per heavy atom. The zero-order valence-electron chi connectivity index (χ0n) is 22.4. The molecular formula is C40H26O. The number of rotatable bonds is 1. The molecule has 8 bridgehead atoms. The molecule has 11 aromatic rings. The molecule has 0 radical (unpaired) electrons. The van der Waals surface area contributed by atoms with Crippen molar-refractivity contribution in [2.45, 2.75) is 0 Å². The van der Waals surface area contributed by atoms with E-state index in [1.54, 1.807) is 6.07 Å². The van der Waals surface area contributed by atoms with Gasteiger partial charge in [-0.3, -0.25) is 0 Å². The molecule has 1 heteroatoms. The summed E-state index contributed by atoms with van der Waals surface area (Å²) < 4.78 is 0. The van der Waals surface area contributed by atoms with Gasteiger partial charge in [0.1, 0.15) is 5.75 Å². The zero-order valence-corrected chi connectivity index (χ0v) is 22.4. The summed E-state index contributed by atoms with van der Waals surface area (Å²) in [4.78, 5) is 0. The van der Waals surface area contributed by atoms with Gasteiger partial charge in [0.25, 0.3) is 0 Å². The van der Waals surface area contributed by atoms with Gasteiger partial charge in [-0.2, -0.15) is 0 Å². The molecule has 0 aliphatic rings. The highest BCUT2D eigenvalue weighted by molar-refractivity contribution is 6.19. The van der Waals surface area contributed by atoms with Crippen LogP contribution in [0.25, 0.3) is 75.8 Å². The Hall–Kier alpha value is -5.40. The molecule has 0 atom stereocenters. The Labute approximate surface area is 237 Å². The van der Waals surface area contributed by atoms with Crippen LogP contribution in [0.4, 0.5) is 0 Å². The molecule has 0 unspecified atom stereocenters. The zero-order chi connectivity index (χ0) is 27.3. The van der Waals surface area contributed by atoms with Gasteiger partial charge in [0.2, 0.25) is 0 Å². The van der Waals surface area contributed by atoms with Crippen molar-refractivity contribution in [3.8, 4) is 16.9 Å². The van der Waals surface area contributed by atoms with Gasteiger partial charge in [-0.15, -0.1) is 0 Å². The maximum atomic E-state index is 10.4. The van der Waals surface area contributed by atoms with Crippen molar-refractivity contribution in [3.63, 3.8) is 0 Å². The van der Waals surface area contributed by atoms with Crippen LogP contribution in [-0.2, 0) is 0 Å². The van der Waals surface area contributed by atoms with E-state index in [9.17, 15) is 5.11 Å². The van der Waals surface area contributed by atoms with E-state index >= 15 is 0 Å². The number of phenolic OH excluding ortho intramolecular Hbond substituents is 1. The summed E-state index contributed by atoms with van der Waals surface area (Å²) in [6.45, 7) is 0. The van der Waals surface area contributed by atoms with E-state index in [0.717, 1.165) is 16.2 Å². The van der Waals surface area contributed by atoms with Gasteiger partial charge >= 0.3 is 0 Å². The highest BCUT2D eigenvalue weighted by Crippen LogP contribution is 2.37. The fourth-order valence-electron chi connectivity index (χ4n) is 6.38. The Morgan fingerprint density at radius 3 is 1.41 bits per heavy atom. The van der Waals surface area contributed by atoms with Gasteiger partial charge in [-0.25, -0.2) is 0 Å². The molecule has 41 heavy (non-hydrogen) atoms. The summed E-state index contributed by atoms with van der Waals surface area (Å²) in [6, 6.07) is 53.3. The van der Waals surface area contributed by atoms with Crippen molar-refractivity contribution in [1.82, 2.24) is 0 Å². The fraction of sp³-hybridized carbons (Fsp3) is 0. The van der Waals surface area contributed by atoms with Gasteiger partial charge in [0.05, 0.1) is 0 Å². The van der Waals surface area contributed by atoms with Crippen LogP contribution in [0.1, 0.15) is 0 Å². The average molecular weight is 523 g/mol. The average Bonchev–Trinajstić information content (AvgIpc) is 3.04. The van der Waals surface area contributed by atoms with Crippen LogP contribution in [0.2, 0.25) is 0 Å². The van der Waals surface area contributed by atoms with Crippen LogP contribution in [-0.4, -0.2) is 5.11 Å². The minimum absolute atomic E-state index is 0.340.